The zero-order valence-corrected chi connectivity index (χ0v) is 12.1. The van der Waals surface area contributed by atoms with E-state index in [4.69, 9.17) is 10.6 Å². The minimum atomic E-state index is 0.193. The van der Waals surface area contributed by atoms with Gasteiger partial charge in [-0.3, -0.25) is 11.3 Å². The van der Waals surface area contributed by atoms with E-state index in [1.54, 1.807) is 7.11 Å². The third-order valence-electron chi connectivity index (χ3n) is 4.26. The molecule has 1 aromatic rings. The van der Waals surface area contributed by atoms with Gasteiger partial charge in [0.25, 0.3) is 0 Å². The van der Waals surface area contributed by atoms with Gasteiger partial charge in [0.2, 0.25) is 0 Å². The lowest BCUT2D eigenvalue weighted by Crippen LogP contribution is -2.30. The Kier molecular flexibility index (Phi) is 5.23. The molecule has 0 amide bonds. The highest BCUT2D eigenvalue weighted by molar-refractivity contribution is 5.39. The van der Waals surface area contributed by atoms with Crippen LogP contribution in [0.5, 0.6) is 5.75 Å². The first-order valence-corrected chi connectivity index (χ1v) is 7.35. The first-order valence-electron chi connectivity index (χ1n) is 7.35. The molecule has 0 saturated heterocycles. The molecule has 3 N–H and O–H groups in total. The first kappa shape index (κ1) is 14.4. The number of ether oxygens (including phenoxy) is 1. The number of methoxy groups -OCH3 is 1. The molecule has 0 radical (unpaired) electrons. The van der Waals surface area contributed by atoms with Gasteiger partial charge in [-0.2, -0.15) is 0 Å². The number of nitrogens with one attached hydrogen (secondary N) is 1. The van der Waals surface area contributed by atoms with Gasteiger partial charge in [-0.25, -0.2) is 0 Å². The van der Waals surface area contributed by atoms with E-state index in [9.17, 15) is 0 Å². The van der Waals surface area contributed by atoms with Crippen LogP contribution < -0.4 is 16.0 Å². The van der Waals surface area contributed by atoms with Gasteiger partial charge in [0.1, 0.15) is 5.75 Å². The van der Waals surface area contributed by atoms with Crippen LogP contribution in [0.3, 0.4) is 0 Å². The van der Waals surface area contributed by atoms with Gasteiger partial charge in [0.05, 0.1) is 7.11 Å². The fraction of sp³-hybridized carbons (Fsp3) is 0.625. The van der Waals surface area contributed by atoms with E-state index < -0.39 is 0 Å². The van der Waals surface area contributed by atoms with Crippen molar-refractivity contribution in [3.8, 4) is 5.75 Å². The molecule has 0 spiro atoms. The average molecular weight is 262 g/mol. The average Bonchev–Trinajstić information content (AvgIpc) is 2.46. The smallest absolute Gasteiger partial charge is 0.123 e. The van der Waals surface area contributed by atoms with E-state index in [0.29, 0.717) is 0 Å². The summed E-state index contributed by atoms with van der Waals surface area (Å²) in [5, 5.41) is 0. The Balaban J connectivity index is 2.11. The van der Waals surface area contributed by atoms with Crippen molar-refractivity contribution in [3.63, 3.8) is 0 Å². The summed E-state index contributed by atoms with van der Waals surface area (Å²) in [7, 11) is 1.73. The lowest BCUT2D eigenvalue weighted by atomic mass is 9.83. The van der Waals surface area contributed by atoms with Gasteiger partial charge in [-0.1, -0.05) is 44.2 Å². The summed E-state index contributed by atoms with van der Waals surface area (Å²) in [6.45, 7) is 2.08. The molecular formula is C16H26N2O. The second kappa shape index (κ2) is 6.92. The zero-order valence-electron chi connectivity index (χ0n) is 12.1. The van der Waals surface area contributed by atoms with Gasteiger partial charge in [-0.15, -0.1) is 0 Å². The molecule has 1 saturated carbocycles. The van der Waals surface area contributed by atoms with E-state index >= 15 is 0 Å². The molecule has 1 fully saturated rings. The predicted molar refractivity (Wildman–Crippen MR) is 79.0 cm³/mol. The maximum atomic E-state index is 5.78. The van der Waals surface area contributed by atoms with Crippen molar-refractivity contribution in [2.75, 3.05) is 7.11 Å². The normalized spacial score (nSPS) is 18.3. The van der Waals surface area contributed by atoms with Crippen LogP contribution in [0.25, 0.3) is 0 Å². The Morgan fingerprint density at radius 1 is 1.32 bits per heavy atom. The maximum Gasteiger partial charge on any atom is 0.123 e. The molecule has 2 rings (SSSR count). The number of aryl methyl sites for hydroxylation is 1. The van der Waals surface area contributed by atoms with E-state index in [-0.39, 0.29) is 6.04 Å². The first-order chi connectivity index (χ1) is 9.24. The van der Waals surface area contributed by atoms with Crippen LogP contribution in [0.15, 0.2) is 18.2 Å². The van der Waals surface area contributed by atoms with Gasteiger partial charge in [0, 0.05) is 11.6 Å². The summed E-state index contributed by atoms with van der Waals surface area (Å²) in [6, 6.07) is 6.55. The molecule has 19 heavy (non-hydrogen) atoms. The van der Waals surface area contributed by atoms with E-state index in [1.807, 2.05) is 0 Å². The van der Waals surface area contributed by atoms with Crippen LogP contribution in [-0.2, 0) is 0 Å². The van der Waals surface area contributed by atoms with Crippen LogP contribution in [0.1, 0.15) is 55.7 Å². The molecule has 1 aliphatic carbocycles. The molecule has 3 heteroatoms. The van der Waals surface area contributed by atoms with Crippen LogP contribution >= 0.6 is 0 Å². The summed E-state index contributed by atoms with van der Waals surface area (Å²) in [6.07, 6.45) is 7.92. The minimum absolute atomic E-state index is 0.193. The maximum absolute atomic E-state index is 5.78. The number of nitrogens with two attached hydrogens (primary N) is 1. The SMILES string of the molecule is COc1cc(C)ccc1C(CC1CCCCC1)NN. The van der Waals surface area contributed by atoms with Crippen molar-refractivity contribution < 1.29 is 4.74 Å². The predicted octanol–water partition coefficient (Wildman–Crippen LogP) is 3.48. The van der Waals surface area contributed by atoms with Crippen molar-refractivity contribution in [1.29, 1.82) is 0 Å². The third-order valence-corrected chi connectivity index (χ3v) is 4.26. The van der Waals surface area contributed by atoms with Gasteiger partial charge in [0.15, 0.2) is 0 Å². The highest BCUT2D eigenvalue weighted by Crippen LogP contribution is 2.34. The van der Waals surface area contributed by atoms with Gasteiger partial charge >= 0.3 is 0 Å². The fourth-order valence-corrected chi connectivity index (χ4v) is 3.15. The molecular weight excluding hydrogens is 236 g/mol. The van der Waals surface area contributed by atoms with Crippen molar-refractivity contribution in [3.05, 3.63) is 29.3 Å². The number of hydrogen-bond donors (Lipinski definition) is 2. The number of hydrazine groups is 1. The quantitative estimate of drug-likeness (QED) is 0.631. The molecule has 1 aromatic carbocycles. The topological polar surface area (TPSA) is 47.3 Å². The molecule has 106 valence electrons. The highest BCUT2D eigenvalue weighted by Gasteiger charge is 2.21. The van der Waals surface area contributed by atoms with Crippen LogP contribution in [0.4, 0.5) is 0 Å². The molecule has 1 aliphatic rings. The molecule has 1 unspecified atom stereocenters. The van der Waals surface area contributed by atoms with Crippen molar-refractivity contribution in [2.24, 2.45) is 11.8 Å². The number of benzene rings is 1. The highest BCUT2D eigenvalue weighted by atomic mass is 16.5. The van der Waals surface area contributed by atoms with E-state index in [0.717, 1.165) is 18.1 Å². The summed E-state index contributed by atoms with van der Waals surface area (Å²) < 4.78 is 5.50. The van der Waals surface area contributed by atoms with Crippen molar-refractivity contribution >= 4 is 0 Å². The summed E-state index contributed by atoms with van der Waals surface area (Å²) >= 11 is 0. The molecule has 1 atom stereocenters. The Labute approximate surface area is 116 Å². The Morgan fingerprint density at radius 2 is 2.05 bits per heavy atom. The van der Waals surface area contributed by atoms with E-state index in [2.05, 4.69) is 30.5 Å². The second-order valence-electron chi connectivity index (χ2n) is 5.70. The molecule has 0 heterocycles. The summed E-state index contributed by atoms with van der Waals surface area (Å²) in [4.78, 5) is 0. The van der Waals surface area contributed by atoms with Crippen LogP contribution in [0, 0.1) is 12.8 Å². The lowest BCUT2D eigenvalue weighted by Gasteiger charge is -2.27. The van der Waals surface area contributed by atoms with Crippen LogP contribution in [0.2, 0.25) is 0 Å². The molecule has 0 aromatic heterocycles. The Hall–Kier alpha value is -1.06. The van der Waals surface area contributed by atoms with Crippen LogP contribution in [-0.4, -0.2) is 7.11 Å². The van der Waals surface area contributed by atoms with E-state index in [1.165, 1.54) is 43.2 Å². The summed E-state index contributed by atoms with van der Waals surface area (Å²) in [5.74, 6) is 7.51. The third kappa shape index (κ3) is 3.71. The second-order valence-corrected chi connectivity index (χ2v) is 5.70. The monoisotopic (exact) mass is 262 g/mol. The molecule has 0 aliphatic heterocycles. The molecule has 3 nitrogen and oxygen atoms in total. The number of rotatable bonds is 5. The fourth-order valence-electron chi connectivity index (χ4n) is 3.15. The molecule has 0 bridgehead atoms. The largest absolute Gasteiger partial charge is 0.496 e. The number of hydrogen-bond acceptors (Lipinski definition) is 3. The van der Waals surface area contributed by atoms with Crippen molar-refractivity contribution in [1.82, 2.24) is 5.43 Å². The zero-order chi connectivity index (χ0) is 13.7. The minimum Gasteiger partial charge on any atom is -0.496 e. The summed E-state index contributed by atoms with van der Waals surface area (Å²) in [5.41, 5.74) is 5.38. The van der Waals surface area contributed by atoms with Gasteiger partial charge < -0.3 is 4.74 Å². The Morgan fingerprint density at radius 3 is 2.68 bits per heavy atom. The van der Waals surface area contributed by atoms with Gasteiger partial charge in [-0.05, 0) is 30.9 Å². The standard InChI is InChI=1S/C16H26N2O/c1-12-8-9-14(16(10-12)19-2)15(18-17)11-13-6-4-3-5-7-13/h8-10,13,15,18H,3-7,11,17H2,1-2H3. The Bertz CT molecular complexity index is 400. The van der Waals surface area contributed by atoms with Crippen molar-refractivity contribution in [2.45, 2.75) is 51.5 Å². The lowest BCUT2D eigenvalue weighted by molar-refractivity contribution is 0.296.